The second kappa shape index (κ2) is 10.7. The summed E-state index contributed by atoms with van der Waals surface area (Å²) in [5.74, 6) is -0.254. The van der Waals surface area contributed by atoms with Crippen LogP contribution in [-0.4, -0.2) is 59.3 Å². The number of hydrogen-bond acceptors (Lipinski definition) is 4. The van der Waals surface area contributed by atoms with Gasteiger partial charge in [0.05, 0.1) is 0 Å². The van der Waals surface area contributed by atoms with E-state index in [9.17, 15) is 9.59 Å². The van der Waals surface area contributed by atoms with Crippen molar-refractivity contribution < 1.29 is 9.59 Å². The van der Waals surface area contributed by atoms with Gasteiger partial charge in [0.1, 0.15) is 5.69 Å². The summed E-state index contributed by atoms with van der Waals surface area (Å²) in [5.41, 5.74) is 2.11. The minimum Gasteiger partial charge on any atom is -0.351 e. The number of rotatable bonds is 8. The van der Waals surface area contributed by atoms with Crippen molar-refractivity contribution in [2.75, 3.05) is 32.7 Å². The molecular formula is C23H30N4O2. The molecule has 6 heteroatoms. The molecule has 1 aliphatic rings. The Kier molecular flexibility index (Phi) is 7.76. The van der Waals surface area contributed by atoms with Gasteiger partial charge in [0, 0.05) is 51.0 Å². The van der Waals surface area contributed by atoms with E-state index in [-0.39, 0.29) is 11.8 Å². The van der Waals surface area contributed by atoms with Crippen LogP contribution in [0.1, 0.15) is 52.6 Å². The number of unbranched alkanes of at least 4 members (excludes halogenated alkanes) is 2. The fraction of sp³-hybridized carbons (Fsp3) is 0.435. The number of hydrogen-bond donors (Lipinski definition) is 1. The Bertz CT molecular complexity index is 802. The zero-order chi connectivity index (χ0) is 20.5. The average Bonchev–Trinajstić information content (AvgIpc) is 2.77. The SMILES string of the molecule is CCCCCNC(=O)c1cc(C(=O)N2CCN(Cc3ccccc3)CC2)ccn1. The molecule has 2 amide bonds. The molecule has 0 saturated carbocycles. The third kappa shape index (κ3) is 6.12. The van der Waals surface area contributed by atoms with Crippen LogP contribution in [0.15, 0.2) is 48.7 Å². The van der Waals surface area contributed by atoms with Gasteiger partial charge in [0.2, 0.25) is 0 Å². The fourth-order valence-electron chi connectivity index (χ4n) is 3.49. The number of nitrogens with one attached hydrogen (secondary N) is 1. The number of carbonyl (C=O) groups is 2. The van der Waals surface area contributed by atoms with Crippen molar-refractivity contribution in [3.05, 3.63) is 65.5 Å². The van der Waals surface area contributed by atoms with Crippen LogP contribution in [0, 0.1) is 0 Å². The van der Waals surface area contributed by atoms with Gasteiger partial charge < -0.3 is 10.2 Å². The molecule has 0 radical (unpaired) electrons. The van der Waals surface area contributed by atoms with E-state index in [1.165, 1.54) is 5.56 Å². The molecule has 1 saturated heterocycles. The van der Waals surface area contributed by atoms with Crippen LogP contribution in [0.4, 0.5) is 0 Å². The predicted molar refractivity (Wildman–Crippen MR) is 114 cm³/mol. The molecule has 1 fully saturated rings. The molecule has 0 unspecified atom stereocenters. The van der Waals surface area contributed by atoms with Crippen molar-refractivity contribution in [1.29, 1.82) is 0 Å². The first-order chi connectivity index (χ1) is 14.2. The maximum atomic E-state index is 12.9. The van der Waals surface area contributed by atoms with E-state index >= 15 is 0 Å². The Balaban J connectivity index is 1.52. The van der Waals surface area contributed by atoms with Crippen LogP contribution in [0.5, 0.6) is 0 Å². The van der Waals surface area contributed by atoms with Crippen molar-refractivity contribution in [3.8, 4) is 0 Å². The van der Waals surface area contributed by atoms with Gasteiger partial charge in [-0.2, -0.15) is 0 Å². The van der Waals surface area contributed by atoms with Crippen molar-refractivity contribution >= 4 is 11.8 Å². The van der Waals surface area contributed by atoms with Crippen LogP contribution in [0.25, 0.3) is 0 Å². The molecule has 1 aliphatic heterocycles. The second-order valence-corrected chi connectivity index (χ2v) is 7.45. The molecule has 0 atom stereocenters. The van der Waals surface area contributed by atoms with Gasteiger partial charge in [0.25, 0.3) is 11.8 Å². The first-order valence-corrected chi connectivity index (χ1v) is 10.5. The van der Waals surface area contributed by atoms with E-state index in [1.54, 1.807) is 18.3 Å². The molecule has 1 aromatic carbocycles. The third-order valence-corrected chi connectivity index (χ3v) is 5.21. The molecular weight excluding hydrogens is 364 g/mol. The maximum absolute atomic E-state index is 12.9. The quantitative estimate of drug-likeness (QED) is 0.699. The predicted octanol–water partition coefficient (Wildman–Crippen LogP) is 2.96. The number of pyridine rings is 1. The highest BCUT2D eigenvalue weighted by Gasteiger charge is 2.23. The summed E-state index contributed by atoms with van der Waals surface area (Å²) in [6.07, 6.45) is 4.69. The summed E-state index contributed by atoms with van der Waals surface area (Å²) in [4.78, 5) is 33.5. The number of nitrogens with zero attached hydrogens (tertiary/aromatic N) is 3. The lowest BCUT2D eigenvalue weighted by atomic mass is 10.1. The summed E-state index contributed by atoms with van der Waals surface area (Å²) in [7, 11) is 0. The number of amides is 2. The van der Waals surface area contributed by atoms with E-state index in [4.69, 9.17) is 0 Å². The highest BCUT2D eigenvalue weighted by atomic mass is 16.2. The third-order valence-electron chi connectivity index (χ3n) is 5.21. The standard InChI is InChI=1S/C23H30N4O2/c1-2-3-7-11-25-22(28)21-17-20(10-12-24-21)23(29)27-15-13-26(14-16-27)18-19-8-5-4-6-9-19/h4-6,8-10,12,17H,2-3,7,11,13-16,18H2,1H3,(H,25,28). The zero-order valence-electron chi connectivity index (χ0n) is 17.1. The summed E-state index contributed by atoms with van der Waals surface area (Å²) < 4.78 is 0. The Morgan fingerprint density at radius 3 is 2.52 bits per heavy atom. The van der Waals surface area contributed by atoms with Gasteiger partial charge in [-0.25, -0.2) is 0 Å². The fourth-order valence-corrected chi connectivity index (χ4v) is 3.49. The minimum atomic E-state index is -0.219. The van der Waals surface area contributed by atoms with Gasteiger partial charge in [-0.1, -0.05) is 50.1 Å². The average molecular weight is 395 g/mol. The lowest BCUT2D eigenvalue weighted by Gasteiger charge is -2.34. The Morgan fingerprint density at radius 1 is 1.03 bits per heavy atom. The molecule has 1 N–H and O–H groups in total. The molecule has 2 heterocycles. The maximum Gasteiger partial charge on any atom is 0.269 e. The van der Waals surface area contributed by atoms with Crippen molar-refractivity contribution in [1.82, 2.24) is 20.1 Å². The van der Waals surface area contributed by atoms with E-state index < -0.39 is 0 Å². The Hall–Kier alpha value is -2.73. The Labute approximate surface area is 172 Å². The lowest BCUT2D eigenvalue weighted by molar-refractivity contribution is 0.0628. The number of benzene rings is 1. The first-order valence-electron chi connectivity index (χ1n) is 10.5. The van der Waals surface area contributed by atoms with Gasteiger partial charge in [-0.05, 0) is 24.1 Å². The normalized spacial score (nSPS) is 14.6. The highest BCUT2D eigenvalue weighted by Crippen LogP contribution is 2.12. The van der Waals surface area contributed by atoms with Gasteiger partial charge in [0.15, 0.2) is 0 Å². The molecule has 0 bridgehead atoms. The number of piperazine rings is 1. The molecule has 1 aromatic heterocycles. The molecule has 0 spiro atoms. The lowest BCUT2D eigenvalue weighted by Crippen LogP contribution is -2.48. The summed E-state index contributed by atoms with van der Waals surface area (Å²) in [6, 6.07) is 13.7. The van der Waals surface area contributed by atoms with Gasteiger partial charge in [-0.15, -0.1) is 0 Å². The Morgan fingerprint density at radius 2 is 1.79 bits per heavy atom. The van der Waals surface area contributed by atoms with Crippen molar-refractivity contribution in [2.45, 2.75) is 32.7 Å². The molecule has 3 rings (SSSR count). The molecule has 2 aromatic rings. The van der Waals surface area contributed by atoms with Gasteiger partial charge >= 0.3 is 0 Å². The second-order valence-electron chi connectivity index (χ2n) is 7.45. The summed E-state index contributed by atoms with van der Waals surface area (Å²) in [6.45, 7) is 6.72. The number of carbonyl (C=O) groups excluding carboxylic acids is 2. The topological polar surface area (TPSA) is 65.5 Å². The van der Waals surface area contributed by atoms with Crippen LogP contribution < -0.4 is 5.32 Å². The van der Waals surface area contributed by atoms with Crippen molar-refractivity contribution in [3.63, 3.8) is 0 Å². The minimum absolute atomic E-state index is 0.0354. The summed E-state index contributed by atoms with van der Waals surface area (Å²) in [5, 5.41) is 2.88. The molecule has 0 aliphatic carbocycles. The molecule has 6 nitrogen and oxygen atoms in total. The van der Waals surface area contributed by atoms with E-state index in [2.05, 4.69) is 46.4 Å². The van der Waals surface area contributed by atoms with Gasteiger partial charge in [-0.3, -0.25) is 19.5 Å². The van der Waals surface area contributed by atoms with E-state index in [0.717, 1.165) is 38.9 Å². The highest BCUT2D eigenvalue weighted by molar-refractivity contribution is 5.98. The van der Waals surface area contributed by atoms with E-state index in [1.807, 2.05) is 11.0 Å². The molecule has 29 heavy (non-hydrogen) atoms. The first kappa shape index (κ1) is 21.0. The number of aromatic nitrogens is 1. The van der Waals surface area contributed by atoms with E-state index in [0.29, 0.717) is 30.9 Å². The van der Waals surface area contributed by atoms with Crippen LogP contribution in [-0.2, 0) is 6.54 Å². The van der Waals surface area contributed by atoms with Crippen molar-refractivity contribution in [2.24, 2.45) is 0 Å². The zero-order valence-corrected chi connectivity index (χ0v) is 17.1. The van der Waals surface area contributed by atoms with Crippen LogP contribution >= 0.6 is 0 Å². The molecule has 154 valence electrons. The summed E-state index contributed by atoms with van der Waals surface area (Å²) >= 11 is 0. The smallest absolute Gasteiger partial charge is 0.269 e. The van der Waals surface area contributed by atoms with Crippen LogP contribution in [0.2, 0.25) is 0 Å². The largest absolute Gasteiger partial charge is 0.351 e. The monoisotopic (exact) mass is 394 g/mol. The van der Waals surface area contributed by atoms with Crippen LogP contribution in [0.3, 0.4) is 0 Å².